The summed E-state index contributed by atoms with van der Waals surface area (Å²) in [5.74, 6) is -0.409. The Labute approximate surface area is 155 Å². The topological polar surface area (TPSA) is 82.5 Å². The number of carbonyl (C=O) groups excluding carboxylic acids is 1. The highest BCUT2D eigenvalue weighted by atomic mass is 35.5. The van der Waals surface area contributed by atoms with E-state index in [1.165, 1.54) is 11.3 Å². The Morgan fingerprint density at radius 2 is 2.20 bits per heavy atom. The number of rotatable bonds is 6. The fraction of sp³-hybridized carbons (Fsp3) is 0.353. The van der Waals surface area contributed by atoms with Crippen LogP contribution < -0.4 is 5.43 Å². The van der Waals surface area contributed by atoms with Crippen molar-refractivity contribution in [3.05, 3.63) is 40.4 Å². The highest BCUT2D eigenvalue weighted by Crippen LogP contribution is 2.26. The zero-order valence-electron chi connectivity index (χ0n) is 14.0. The van der Waals surface area contributed by atoms with Crippen LogP contribution >= 0.6 is 22.9 Å². The van der Waals surface area contributed by atoms with E-state index in [0.717, 1.165) is 22.0 Å². The molecule has 0 aliphatic rings. The molecule has 134 valence electrons. The number of hydrogen-bond donors (Lipinski definition) is 2. The molecule has 0 unspecified atom stereocenters. The SMILES string of the molecule is CCC[C@@H](C)N(NC(=O)Cc1csc(-c2cccc(Cl)c2)n1)C(=O)O. The number of nitrogens with zero attached hydrogens (tertiary/aromatic N) is 2. The zero-order valence-corrected chi connectivity index (χ0v) is 15.6. The molecule has 0 aliphatic carbocycles. The minimum Gasteiger partial charge on any atom is -0.464 e. The second-order valence-corrected chi connectivity index (χ2v) is 6.95. The third-order valence-corrected chi connectivity index (χ3v) is 4.74. The Balaban J connectivity index is 2.02. The summed E-state index contributed by atoms with van der Waals surface area (Å²) < 4.78 is 0. The van der Waals surface area contributed by atoms with Crippen LogP contribution in [0.2, 0.25) is 5.02 Å². The Hall–Kier alpha value is -2.12. The number of hydrazine groups is 1. The fourth-order valence-electron chi connectivity index (χ4n) is 2.37. The molecule has 25 heavy (non-hydrogen) atoms. The second kappa shape index (κ2) is 8.82. The van der Waals surface area contributed by atoms with Gasteiger partial charge in [0.15, 0.2) is 0 Å². The lowest BCUT2D eigenvalue weighted by molar-refractivity contribution is -0.125. The van der Waals surface area contributed by atoms with Gasteiger partial charge in [-0.05, 0) is 25.5 Å². The van der Waals surface area contributed by atoms with Crippen LogP contribution in [0, 0.1) is 0 Å². The third-order valence-electron chi connectivity index (χ3n) is 3.56. The van der Waals surface area contributed by atoms with E-state index >= 15 is 0 Å². The Bertz CT molecular complexity index is 750. The summed E-state index contributed by atoms with van der Waals surface area (Å²) in [5, 5.41) is 13.4. The molecular weight excluding hydrogens is 362 g/mol. The monoisotopic (exact) mass is 381 g/mol. The second-order valence-electron chi connectivity index (χ2n) is 5.66. The average Bonchev–Trinajstić information content (AvgIpc) is 3.01. The van der Waals surface area contributed by atoms with E-state index in [1.807, 2.05) is 25.1 Å². The van der Waals surface area contributed by atoms with E-state index < -0.39 is 12.0 Å². The van der Waals surface area contributed by atoms with Gasteiger partial charge in [0.1, 0.15) is 5.01 Å². The lowest BCUT2D eigenvalue weighted by Gasteiger charge is -2.26. The predicted molar refractivity (Wildman–Crippen MR) is 98.6 cm³/mol. The summed E-state index contributed by atoms with van der Waals surface area (Å²) in [6.45, 7) is 3.73. The van der Waals surface area contributed by atoms with Gasteiger partial charge in [-0.2, -0.15) is 0 Å². The molecule has 0 aliphatic heterocycles. The number of amides is 2. The maximum atomic E-state index is 12.2. The molecule has 1 aromatic carbocycles. The minimum atomic E-state index is -1.17. The van der Waals surface area contributed by atoms with E-state index in [2.05, 4.69) is 10.4 Å². The molecule has 2 N–H and O–H groups in total. The van der Waals surface area contributed by atoms with Gasteiger partial charge in [0.05, 0.1) is 18.2 Å². The van der Waals surface area contributed by atoms with Gasteiger partial charge in [-0.25, -0.2) is 14.8 Å². The van der Waals surface area contributed by atoms with Gasteiger partial charge in [-0.1, -0.05) is 37.1 Å². The van der Waals surface area contributed by atoms with Crippen molar-refractivity contribution in [1.82, 2.24) is 15.4 Å². The number of thiazole rings is 1. The van der Waals surface area contributed by atoms with Crippen LogP contribution in [0.25, 0.3) is 10.6 Å². The Morgan fingerprint density at radius 3 is 2.84 bits per heavy atom. The molecule has 2 rings (SSSR count). The first-order valence-electron chi connectivity index (χ1n) is 7.92. The van der Waals surface area contributed by atoms with Crippen molar-refractivity contribution < 1.29 is 14.7 Å². The molecule has 1 heterocycles. The van der Waals surface area contributed by atoms with Gasteiger partial charge in [-0.3, -0.25) is 10.2 Å². The Kier molecular flexibility index (Phi) is 6.78. The standard InChI is InChI=1S/C17H20ClN3O3S/c1-3-5-11(2)21(17(23)24)20-15(22)9-14-10-25-16(19-14)12-6-4-7-13(18)8-12/h4,6-8,10-11H,3,5,9H2,1-2H3,(H,20,22)(H,23,24)/t11-/m1/s1. The molecule has 0 saturated carbocycles. The molecule has 1 aromatic heterocycles. The summed E-state index contributed by atoms with van der Waals surface area (Å²) in [6, 6.07) is 7.04. The molecule has 0 bridgehead atoms. The first-order chi connectivity index (χ1) is 11.9. The van der Waals surface area contributed by atoms with Crippen LogP contribution in [-0.4, -0.2) is 33.1 Å². The van der Waals surface area contributed by atoms with Crippen molar-refractivity contribution >= 4 is 34.9 Å². The quantitative estimate of drug-likeness (QED) is 0.734. The fourth-order valence-corrected chi connectivity index (χ4v) is 3.38. The maximum absolute atomic E-state index is 12.2. The summed E-state index contributed by atoms with van der Waals surface area (Å²) in [6.07, 6.45) is 0.338. The average molecular weight is 382 g/mol. The van der Waals surface area contributed by atoms with Gasteiger partial charge in [0, 0.05) is 16.0 Å². The highest BCUT2D eigenvalue weighted by molar-refractivity contribution is 7.13. The number of hydrogen-bond acceptors (Lipinski definition) is 4. The first-order valence-corrected chi connectivity index (χ1v) is 9.18. The van der Waals surface area contributed by atoms with Crippen LogP contribution in [-0.2, 0) is 11.2 Å². The van der Waals surface area contributed by atoms with E-state index in [1.54, 1.807) is 18.4 Å². The molecule has 0 saturated heterocycles. The molecule has 0 radical (unpaired) electrons. The largest absolute Gasteiger partial charge is 0.464 e. The predicted octanol–water partition coefficient (Wildman–Crippen LogP) is 4.21. The van der Waals surface area contributed by atoms with Gasteiger partial charge >= 0.3 is 6.09 Å². The molecule has 6 nitrogen and oxygen atoms in total. The van der Waals surface area contributed by atoms with E-state index in [0.29, 0.717) is 17.1 Å². The lowest BCUT2D eigenvalue weighted by Crippen LogP contribution is -2.50. The molecular formula is C17H20ClN3O3S. The summed E-state index contributed by atoms with van der Waals surface area (Å²) >= 11 is 7.39. The van der Waals surface area contributed by atoms with Crippen LogP contribution in [0.5, 0.6) is 0 Å². The molecule has 0 fully saturated rings. The Morgan fingerprint density at radius 1 is 1.44 bits per heavy atom. The van der Waals surface area contributed by atoms with Crippen LogP contribution in [0.3, 0.4) is 0 Å². The van der Waals surface area contributed by atoms with E-state index in [9.17, 15) is 14.7 Å². The van der Waals surface area contributed by atoms with Crippen molar-refractivity contribution in [3.8, 4) is 10.6 Å². The lowest BCUT2D eigenvalue weighted by atomic mass is 10.2. The first kappa shape index (κ1) is 19.2. The van der Waals surface area contributed by atoms with Gasteiger partial charge in [-0.15, -0.1) is 11.3 Å². The summed E-state index contributed by atoms with van der Waals surface area (Å²) in [4.78, 5) is 27.9. The van der Waals surface area contributed by atoms with Crippen molar-refractivity contribution in [2.75, 3.05) is 0 Å². The number of aromatic nitrogens is 1. The van der Waals surface area contributed by atoms with Crippen molar-refractivity contribution in [1.29, 1.82) is 0 Å². The van der Waals surface area contributed by atoms with Crippen molar-refractivity contribution in [2.24, 2.45) is 0 Å². The molecule has 8 heteroatoms. The zero-order chi connectivity index (χ0) is 18.4. The maximum Gasteiger partial charge on any atom is 0.426 e. The van der Waals surface area contributed by atoms with Crippen LogP contribution in [0.15, 0.2) is 29.6 Å². The summed E-state index contributed by atoms with van der Waals surface area (Å²) in [5.41, 5.74) is 3.92. The molecule has 2 amide bonds. The minimum absolute atomic E-state index is 0.0136. The molecule has 2 aromatic rings. The van der Waals surface area contributed by atoms with Crippen LogP contribution in [0.1, 0.15) is 32.4 Å². The number of halogens is 1. The molecule has 0 spiro atoms. The third kappa shape index (κ3) is 5.44. The normalized spacial score (nSPS) is 11.8. The van der Waals surface area contributed by atoms with E-state index in [-0.39, 0.29) is 12.5 Å². The molecule has 1 atom stereocenters. The van der Waals surface area contributed by atoms with Gasteiger partial charge in [0.2, 0.25) is 5.91 Å². The summed E-state index contributed by atoms with van der Waals surface area (Å²) in [7, 11) is 0. The van der Waals surface area contributed by atoms with Crippen molar-refractivity contribution in [2.45, 2.75) is 39.2 Å². The number of benzene rings is 1. The smallest absolute Gasteiger partial charge is 0.426 e. The van der Waals surface area contributed by atoms with Crippen molar-refractivity contribution in [3.63, 3.8) is 0 Å². The van der Waals surface area contributed by atoms with E-state index in [4.69, 9.17) is 11.6 Å². The number of carbonyl (C=O) groups is 2. The van der Waals surface area contributed by atoms with Gasteiger partial charge in [0.25, 0.3) is 0 Å². The number of carboxylic acid groups (broad SMARTS) is 1. The highest BCUT2D eigenvalue weighted by Gasteiger charge is 2.21. The van der Waals surface area contributed by atoms with Crippen LogP contribution in [0.4, 0.5) is 4.79 Å². The van der Waals surface area contributed by atoms with Gasteiger partial charge < -0.3 is 5.11 Å². The number of nitrogens with one attached hydrogen (secondary N) is 1.